The van der Waals surface area contributed by atoms with Crippen LogP contribution in [-0.4, -0.2) is 17.8 Å². The lowest BCUT2D eigenvalue weighted by atomic mass is 10.1. The molecule has 22 heavy (non-hydrogen) atoms. The van der Waals surface area contributed by atoms with Crippen molar-refractivity contribution in [1.29, 1.82) is 0 Å². The number of hydrogen-bond acceptors (Lipinski definition) is 4. The highest BCUT2D eigenvalue weighted by Crippen LogP contribution is 2.22. The predicted octanol–water partition coefficient (Wildman–Crippen LogP) is 2.55. The zero-order chi connectivity index (χ0) is 15.7. The van der Waals surface area contributed by atoms with E-state index in [2.05, 4.69) is 5.32 Å². The maximum absolute atomic E-state index is 12.5. The molecule has 2 heterocycles. The summed E-state index contributed by atoms with van der Waals surface area (Å²) < 4.78 is 5.95. The molecule has 1 fully saturated rings. The number of carbonyl (C=O) groups is 3. The molecular formula is C15H9IN2O4. The topological polar surface area (TPSA) is 79.6 Å². The van der Waals surface area contributed by atoms with Crippen LogP contribution in [0.25, 0.3) is 6.08 Å². The fraction of sp³-hybridized carbons (Fsp3) is 0. The number of barbiturate groups is 1. The highest BCUT2D eigenvalue weighted by Gasteiger charge is 2.36. The van der Waals surface area contributed by atoms with E-state index in [9.17, 15) is 14.4 Å². The van der Waals surface area contributed by atoms with Crippen LogP contribution in [0.3, 0.4) is 0 Å². The normalized spacial score (nSPS) is 17.0. The largest absolute Gasteiger partial charge is 0.451 e. The number of imide groups is 2. The van der Waals surface area contributed by atoms with Gasteiger partial charge in [-0.2, -0.15) is 0 Å². The van der Waals surface area contributed by atoms with Gasteiger partial charge in [0.05, 0.1) is 5.69 Å². The Hall–Kier alpha value is -2.42. The molecule has 1 aromatic heterocycles. The molecule has 4 amide bonds. The second-order valence-electron chi connectivity index (χ2n) is 4.44. The van der Waals surface area contributed by atoms with Gasteiger partial charge in [-0.1, -0.05) is 18.2 Å². The number of amides is 4. The maximum Gasteiger partial charge on any atom is 0.335 e. The number of halogens is 1. The molecule has 1 aliphatic rings. The third-order valence-electron chi connectivity index (χ3n) is 3.00. The number of rotatable bonds is 2. The molecule has 0 spiro atoms. The first-order chi connectivity index (χ1) is 10.6. The molecular weight excluding hydrogens is 399 g/mol. The smallest absolute Gasteiger partial charge is 0.335 e. The van der Waals surface area contributed by atoms with E-state index >= 15 is 0 Å². The van der Waals surface area contributed by atoms with Crippen molar-refractivity contribution in [2.75, 3.05) is 4.90 Å². The zero-order valence-corrected chi connectivity index (χ0v) is 13.2. The van der Waals surface area contributed by atoms with E-state index in [1.165, 1.54) is 6.08 Å². The Kier molecular flexibility index (Phi) is 3.80. The third kappa shape index (κ3) is 2.67. The average molecular weight is 408 g/mol. The van der Waals surface area contributed by atoms with Gasteiger partial charge in [0.15, 0.2) is 3.77 Å². The molecule has 1 aliphatic heterocycles. The number of benzene rings is 1. The van der Waals surface area contributed by atoms with Gasteiger partial charge in [0.1, 0.15) is 11.3 Å². The number of furan rings is 1. The summed E-state index contributed by atoms with van der Waals surface area (Å²) >= 11 is 1.98. The summed E-state index contributed by atoms with van der Waals surface area (Å²) in [5.74, 6) is -1.06. The lowest BCUT2D eigenvalue weighted by Gasteiger charge is -2.26. The van der Waals surface area contributed by atoms with Crippen molar-refractivity contribution >= 4 is 52.2 Å². The first-order valence-electron chi connectivity index (χ1n) is 6.28. The summed E-state index contributed by atoms with van der Waals surface area (Å²) in [6.07, 6.45) is 1.32. The Morgan fingerprint density at radius 3 is 2.41 bits per heavy atom. The number of nitrogens with zero attached hydrogens (tertiary/aromatic N) is 1. The summed E-state index contributed by atoms with van der Waals surface area (Å²) in [6, 6.07) is 11.0. The third-order valence-corrected chi connectivity index (χ3v) is 3.58. The van der Waals surface area contributed by atoms with Crippen molar-refractivity contribution < 1.29 is 18.8 Å². The first-order valence-corrected chi connectivity index (χ1v) is 7.36. The Balaban J connectivity index is 2.01. The van der Waals surface area contributed by atoms with Gasteiger partial charge in [-0.3, -0.25) is 14.9 Å². The summed E-state index contributed by atoms with van der Waals surface area (Å²) in [5.41, 5.74) is 0.228. The monoisotopic (exact) mass is 408 g/mol. The minimum absolute atomic E-state index is 0.158. The van der Waals surface area contributed by atoms with Gasteiger partial charge < -0.3 is 4.42 Å². The Morgan fingerprint density at radius 1 is 1.05 bits per heavy atom. The van der Waals surface area contributed by atoms with Gasteiger partial charge in [-0.25, -0.2) is 9.69 Å². The number of para-hydroxylation sites is 1. The van der Waals surface area contributed by atoms with Gasteiger partial charge in [0.2, 0.25) is 0 Å². The molecule has 6 nitrogen and oxygen atoms in total. The molecule has 0 saturated carbocycles. The molecule has 0 bridgehead atoms. The number of hydrogen-bond donors (Lipinski definition) is 1. The lowest BCUT2D eigenvalue weighted by Crippen LogP contribution is -2.54. The van der Waals surface area contributed by atoms with Crippen LogP contribution in [0.5, 0.6) is 0 Å². The van der Waals surface area contributed by atoms with Crippen molar-refractivity contribution in [2.24, 2.45) is 0 Å². The standard InChI is InChI=1S/C15H9IN2O4/c16-12-7-6-10(22-12)8-11-13(19)17-15(21)18(14(11)20)9-4-2-1-3-5-9/h1-8H,(H,17,19,21)/b11-8-. The van der Waals surface area contributed by atoms with Crippen molar-refractivity contribution in [3.8, 4) is 0 Å². The second-order valence-corrected chi connectivity index (χ2v) is 5.50. The SMILES string of the molecule is O=C1NC(=O)N(c2ccccc2)C(=O)/C1=C\c1ccc(I)o1. The Labute approximate surface area is 138 Å². The van der Waals surface area contributed by atoms with E-state index < -0.39 is 17.8 Å². The number of nitrogens with one attached hydrogen (secondary N) is 1. The van der Waals surface area contributed by atoms with Crippen LogP contribution in [0, 0.1) is 3.77 Å². The van der Waals surface area contributed by atoms with Crippen LogP contribution < -0.4 is 10.2 Å². The van der Waals surface area contributed by atoms with E-state index in [1.54, 1.807) is 42.5 Å². The molecule has 0 atom stereocenters. The van der Waals surface area contributed by atoms with Crippen LogP contribution in [0.15, 0.2) is 52.5 Å². The van der Waals surface area contributed by atoms with Gasteiger partial charge in [-0.05, 0) is 52.9 Å². The minimum atomic E-state index is -0.771. The van der Waals surface area contributed by atoms with E-state index in [4.69, 9.17) is 4.42 Å². The quantitative estimate of drug-likeness (QED) is 0.471. The van der Waals surface area contributed by atoms with Crippen LogP contribution in [0.4, 0.5) is 10.5 Å². The molecule has 3 rings (SSSR count). The number of urea groups is 1. The summed E-state index contributed by atoms with van der Waals surface area (Å²) in [5, 5.41) is 2.15. The van der Waals surface area contributed by atoms with Crippen LogP contribution in [-0.2, 0) is 9.59 Å². The van der Waals surface area contributed by atoms with Crippen LogP contribution >= 0.6 is 22.6 Å². The van der Waals surface area contributed by atoms with Crippen molar-refractivity contribution in [1.82, 2.24) is 5.32 Å². The molecule has 0 radical (unpaired) electrons. The minimum Gasteiger partial charge on any atom is -0.451 e. The van der Waals surface area contributed by atoms with Crippen LogP contribution in [0.1, 0.15) is 5.76 Å². The summed E-state index contributed by atoms with van der Waals surface area (Å²) in [4.78, 5) is 37.3. The second kappa shape index (κ2) is 5.76. The van der Waals surface area contributed by atoms with Crippen LogP contribution in [0.2, 0.25) is 0 Å². The van der Waals surface area contributed by atoms with Crippen molar-refractivity contribution in [3.63, 3.8) is 0 Å². The molecule has 1 aromatic carbocycles. The highest BCUT2D eigenvalue weighted by atomic mass is 127. The molecule has 2 aromatic rings. The fourth-order valence-electron chi connectivity index (χ4n) is 2.02. The molecule has 110 valence electrons. The molecule has 1 N–H and O–H groups in total. The molecule has 0 aliphatic carbocycles. The van der Waals surface area contributed by atoms with Gasteiger partial charge in [0, 0.05) is 0 Å². The highest BCUT2D eigenvalue weighted by molar-refractivity contribution is 14.1. The Morgan fingerprint density at radius 2 is 1.77 bits per heavy atom. The Bertz CT molecular complexity index is 795. The lowest BCUT2D eigenvalue weighted by molar-refractivity contribution is -0.122. The summed E-state index contributed by atoms with van der Waals surface area (Å²) in [7, 11) is 0. The van der Waals surface area contributed by atoms with E-state index in [-0.39, 0.29) is 5.57 Å². The predicted molar refractivity (Wildman–Crippen MR) is 86.9 cm³/mol. The fourth-order valence-corrected chi connectivity index (χ4v) is 2.45. The van der Waals surface area contributed by atoms with E-state index in [1.807, 2.05) is 22.6 Å². The zero-order valence-electron chi connectivity index (χ0n) is 11.1. The average Bonchev–Trinajstić information content (AvgIpc) is 2.90. The molecule has 7 heteroatoms. The maximum atomic E-state index is 12.5. The summed E-state index contributed by atoms with van der Waals surface area (Å²) in [6.45, 7) is 0. The first kappa shape index (κ1) is 14.5. The molecule has 0 unspecified atom stereocenters. The van der Waals surface area contributed by atoms with E-state index in [0.717, 1.165) is 4.90 Å². The number of anilines is 1. The number of carbonyl (C=O) groups excluding carboxylic acids is 3. The van der Waals surface area contributed by atoms with Gasteiger partial charge >= 0.3 is 6.03 Å². The van der Waals surface area contributed by atoms with Gasteiger partial charge in [-0.15, -0.1) is 0 Å². The molecule has 1 saturated heterocycles. The van der Waals surface area contributed by atoms with Crippen molar-refractivity contribution in [3.05, 3.63) is 57.6 Å². The van der Waals surface area contributed by atoms with E-state index in [0.29, 0.717) is 15.2 Å². The van der Waals surface area contributed by atoms with Gasteiger partial charge in [0.25, 0.3) is 11.8 Å². The van der Waals surface area contributed by atoms with Crippen molar-refractivity contribution in [2.45, 2.75) is 0 Å².